The fourth-order valence-electron chi connectivity index (χ4n) is 2.05. The average molecular weight is 345 g/mol. The summed E-state index contributed by atoms with van der Waals surface area (Å²) in [7, 11) is 0. The minimum absolute atomic E-state index is 0.0328. The Bertz CT molecular complexity index is 527. The van der Waals surface area contributed by atoms with Crippen LogP contribution >= 0.6 is 0 Å². The van der Waals surface area contributed by atoms with E-state index in [-0.39, 0.29) is 23.8 Å². The molecule has 0 saturated carbocycles. The molecule has 4 nitrogen and oxygen atoms in total. The van der Waals surface area contributed by atoms with Gasteiger partial charge in [0.1, 0.15) is 0 Å². The Labute approximate surface area is 141 Å². The van der Waals surface area contributed by atoms with Gasteiger partial charge >= 0.3 is 6.18 Å². The summed E-state index contributed by atoms with van der Waals surface area (Å²) in [5, 5.41) is 5.95. The van der Waals surface area contributed by atoms with E-state index in [0.29, 0.717) is 12.2 Å². The van der Waals surface area contributed by atoms with Crippen LogP contribution in [0.15, 0.2) is 24.3 Å². The smallest absolute Gasteiger partial charge is 0.380 e. The van der Waals surface area contributed by atoms with Crippen molar-refractivity contribution in [3.05, 3.63) is 29.8 Å². The van der Waals surface area contributed by atoms with Gasteiger partial charge in [-0.25, -0.2) is 0 Å². The van der Waals surface area contributed by atoms with Gasteiger partial charge in [-0.2, -0.15) is 13.2 Å². The first-order valence-corrected chi connectivity index (χ1v) is 7.99. The van der Waals surface area contributed by atoms with Gasteiger partial charge in [-0.15, -0.1) is 0 Å². The number of nitrogens with one attached hydrogen (secondary N) is 2. The SMILES string of the molecule is CC(C)[C@H](CNC(=O)[C@@H](N)C(C)C)Nc1ccc(C(F)(F)F)cc1. The van der Waals surface area contributed by atoms with Crippen molar-refractivity contribution in [2.24, 2.45) is 17.6 Å². The topological polar surface area (TPSA) is 67.2 Å². The number of alkyl halides is 3. The molecule has 0 aliphatic rings. The lowest BCUT2D eigenvalue weighted by molar-refractivity contribution is -0.137. The highest BCUT2D eigenvalue weighted by atomic mass is 19.4. The maximum Gasteiger partial charge on any atom is 0.416 e. The molecule has 0 bridgehead atoms. The van der Waals surface area contributed by atoms with Crippen LogP contribution in [0.5, 0.6) is 0 Å². The highest BCUT2D eigenvalue weighted by molar-refractivity contribution is 5.81. The fraction of sp³-hybridized carbons (Fsp3) is 0.588. The molecule has 0 aliphatic carbocycles. The van der Waals surface area contributed by atoms with E-state index in [2.05, 4.69) is 10.6 Å². The predicted molar refractivity (Wildman–Crippen MR) is 89.5 cm³/mol. The number of benzene rings is 1. The number of carbonyl (C=O) groups excluding carboxylic acids is 1. The van der Waals surface area contributed by atoms with Crippen LogP contribution in [-0.2, 0) is 11.0 Å². The average Bonchev–Trinajstić information content (AvgIpc) is 2.49. The van der Waals surface area contributed by atoms with Crippen molar-refractivity contribution in [2.45, 2.75) is 46.0 Å². The van der Waals surface area contributed by atoms with Gasteiger partial charge in [0.05, 0.1) is 11.6 Å². The fourth-order valence-corrected chi connectivity index (χ4v) is 2.05. The largest absolute Gasteiger partial charge is 0.416 e. The van der Waals surface area contributed by atoms with E-state index < -0.39 is 17.8 Å². The quantitative estimate of drug-likeness (QED) is 0.711. The number of carbonyl (C=O) groups is 1. The maximum atomic E-state index is 12.6. The maximum absolute atomic E-state index is 12.6. The van der Waals surface area contributed by atoms with Crippen molar-refractivity contribution in [1.82, 2.24) is 5.32 Å². The molecule has 0 heterocycles. The lowest BCUT2D eigenvalue weighted by atomic mass is 10.0. The Hall–Kier alpha value is -1.76. The molecule has 136 valence electrons. The lowest BCUT2D eigenvalue weighted by Gasteiger charge is -2.25. The number of nitrogens with two attached hydrogens (primary N) is 1. The van der Waals surface area contributed by atoms with Crippen LogP contribution in [0, 0.1) is 11.8 Å². The molecule has 0 unspecified atom stereocenters. The van der Waals surface area contributed by atoms with Gasteiger partial charge in [-0.3, -0.25) is 4.79 Å². The molecule has 1 rings (SSSR count). The standard InChI is InChI=1S/C17H26F3N3O/c1-10(2)14(9-22-16(24)15(21)11(3)4)23-13-7-5-12(6-8-13)17(18,19)20/h5-8,10-11,14-15,23H,9,21H2,1-4H3,(H,22,24)/t14-,15-/m0/s1. The molecule has 1 aromatic rings. The molecule has 0 spiro atoms. The minimum atomic E-state index is -4.35. The zero-order chi connectivity index (χ0) is 18.5. The summed E-state index contributed by atoms with van der Waals surface area (Å²) >= 11 is 0. The summed E-state index contributed by atoms with van der Waals surface area (Å²) in [4.78, 5) is 11.9. The second-order valence-corrected chi connectivity index (χ2v) is 6.58. The zero-order valence-electron chi connectivity index (χ0n) is 14.4. The molecule has 2 atom stereocenters. The molecule has 24 heavy (non-hydrogen) atoms. The van der Waals surface area contributed by atoms with E-state index in [4.69, 9.17) is 5.73 Å². The van der Waals surface area contributed by atoms with E-state index in [1.54, 1.807) is 0 Å². The first-order chi connectivity index (χ1) is 11.0. The first-order valence-electron chi connectivity index (χ1n) is 7.99. The van der Waals surface area contributed by atoms with Gasteiger partial charge in [0.15, 0.2) is 0 Å². The van der Waals surface area contributed by atoms with Gasteiger partial charge in [-0.05, 0) is 36.1 Å². The van der Waals surface area contributed by atoms with Gasteiger partial charge in [0.25, 0.3) is 0 Å². The van der Waals surface area contributed by atoms with Gasteiger partial charge in [-0.1, -0.05) is 27.7 Å². The third kappa shape index (κ3) is 6.03. The van der Waals surface area contributed by atoms with Gasteiger partial charge < -0.3 is 16.4 Å². The van der Waals surface area contributed by atoms with E-state index in [1.807, 2.05) is 27.7 Å². The lowest BCUT2D eigenvalue weighted by Crippen LogP contribution is -2.48. The number of hydrogen-bond acceptors (Lipinski definition) is 3. The predicted octanol–water partition coefficient (Wildman–Crippen LogP) is 3.24. The van der Waals surface area contributed by atoms with Crippen molar-refractivity contribution in [1.29, 1.82) is 0 Å². The Morgan fingerprint density at radius 3 is 2.04 bits per heavy atom. The summed E-state index contributed by atoms with van der Waals surface area (Å²) in [6.07, 6.45) is -4.35. The summed E-state index contributed by atoms with van der Waals surface area (Å²) in [6, 6.07) is 4.15. The van der Waals surface area contributed by atoms with Crippen LogP contribution in [-0.4, -0.2) is 24.5 Å². The van der Waals surface area contributed by atoms with E-state index in [9.17, 15) is 18.0 Å². The van der Waals surface area contributed by atoms with Crippen LogP contribution in [0.4, 0.5) is 18.9 Å². The summed E-state index contributed by atoms with van der Waals surface area (Å²) in [5.74, 6) is -0.0295. The molecule has 0 aromatic heterocycles. The molecule has 1 aromatic carbocycles. The van der Waals surface area contributed by atoms with Crippen LogP contribution in [0.2, 0.25) is 0 Å². The minimum Gasteiger partial charge on any atom is -0.380 e. The molecule has 4 N–H and O–H groups in total. The second kappa shape index (κ2) is 8.37. The molecular weight excluding hydrogens is 319 g/mol. The highest BCUT2D eigenvalue weighted by Crippen LogP contribution is 2.30. The molecule has 1 amide bonds. The van der Waals surface area contributed by atoms with Crippen LogP contribution in [0.3, 0.4) is 0 Å². The summed E-state index contributed by atoms with van der Waals surface area (Å²) < 4.78 is 37.7. The van der Waals surface area contributed by atoms with Crippen molar-refractivity contribution in [3.63, 3.8) is 0 Å². The summed E-state index contributed by atoms with van der Waals surface area (Å²) in [6.45, 7) is 8.01. The van der Waals surface area contributed by atoms with E-state index in [1.165, 1.54) is 12.1 Å². The third-order valence-corrected chi connectivity index (χ3v) is 3.89. The van der Waals surface area contributed by atoms with Crippen LogP contribution in [0.1, 0.15) is 33.3 Å². The Morgan fingerprint density at radius 1 is 1.08 bits per heavy atom. The van der Waals surface area contributed by atoms with Gasteiger partial charge in [0.2, 0.25) is 5.91 Å². The van der Waals surface area contributed by atoms with Gasteiger partial charge in [0, 0.05) is 18.3 Å². The number of rotatable bonds is 7. The molecule has 0 aliphatic heterocycles. The second-order valence-electron chi connectivity index (χ2n) is 6.58. The normalized spacial score (nSPS) is 14.6. The van der Waals surface area contributed by atoms with Crippen molar-refractivity contribution in [3.8, 4) is 0 Å². The Balaban J connectivity index is 2.68. The molecule has 0 saturated heterocycles. The first kappa shape index (κ1) is 20.3. The number of halogens is 3. The Kier molecular flexibility index (Phi) is 7.08. The van der Waals surface area contributed by atoms with Crippen LogP contribution in [0.25, 0.3) is 0 Å². The molecule has 0 fully saturated rings. The molecule has 0 radical (unpaired) electrons. The van der Waals surface area contributed by atoms with Crippen LogP contribution < -0.4 is 16.4 Å². The monoisotopic (exact) mass is 345 g/mol. The molecular formula is C17H26F3N3O. The van der Waals surface area contributed by atoms with Crippen molar-refractivity contribution < 1.29 is 18.0 Å². The number of amides is 1. The Morgan fingerprint density at radius 2 is 1.62 bits per heavy atom. The molecule has 7 heteroatoms. The highest BCUT2D eigenvalue weighted by Gasteiger charge is 2.30. The number of anilines is 1. The van der Waals surface area contributed by atoms with E-state index >= 15 is 0 Å². The third-order valence-electron chi connectivity index (χ3n) is 3.89. The van der Waals surface area contributed by atoms with E-state index in [0.717, 1.165) is 12.1 Å². The van der Waals surface area contributed by atoms with Crippen molar-refractivity contribution >= 4 is 11.6 Å². The zero-order valence-corrected chi connectivity index (χ0v) is 14.4. The summed E-state index contributed by atoms with van der Waals surface area (Å²) in [5.41, 5.74) is 5.68. The van der Waals surface area contributed by atoms with Crippen molar-refractivity contribution in [2.75, 3.05) is 11.9 Å². The number of hydrogen-bond donors (Lipinski definition) is 3.